The van der Waals surface area contributed by atoms with Gasteiger partial charge in [0.05, 0.1) is 12.2 Å². The fourth-order valence-corrected chi connectivity index (χ4v) is 0.938. The molecule has 2 atom stereocenters. The number of rotatable bonds is 5. The zero-order valence-electron chi connectivity index (χ0n) is 7.38. The molecule has 2 nitrogen and oxygen atoms in total. The van der Waals surface area contributed by atoms with Crippen molar-refractivity contribution in [2.45, 2.75) is 45.3 Å². The number of aliphatic hydroxyl groups excluding tert-OH is 2. The normalized spacial score (nSPS) is 16.0. The summed E-state index contributed by atoms with van der Waals surface area (Å²) in [7, 11) is 0. The third kappa shape index (κ3) is 7.56. The van der Waals surface area contributed by atoms with Gasteiger partial charge in [-0.2, -0.15) is 0 Å². The third-order valence-electron chi connectivity index (χ3n) is 1.50. The van der Waals surface area contributed by atoms with Gasteiger partial charge in [-0.25, -0.2) is 0 Å². The summed E-state index contributed by atoms with van der Waals surface area (Å²) in [4.78, 5) is 0. The Morgan fingerprint density at radius 1 is 1.36 bits per heavy atom. The molecule has 0 aromatic rings. The van der Waals surface area contributed by atoms with Crippen molar-refractivity contribution in [1.82, 2.24) is 0 Å². The van der Waals surface area contributed by atoms with Gasteiger partial charge in [-0.3, -0.25) is 0 Å². The maximum Gasteiger partial charge on any atom is 0.0578 e. The highest BCUT2D eigenvalue weighted by molar-refractivity contribution is 4.90. The number of aliphatic hydroxyl groups is 2. The second kappa shape index (κ2) is 5.33. The maximum absolute atomic E-state index is 9.30. The molecule has 0 fully saturated rings. The first-order valence-electron chi connectivity index (χ1n) is 4.03. The Kier molecular flexibility index (Phi) is 5.16. The molecular weight excluding hydrogens is 140 g/mol. The Morgan fingerprint density at radius 3 is 2.27 bits per heavy atom. The standard InChI is InChI=1S/C9H18O2/c1-7(2)6-9(11)5-4-8(3)10/h8-11H,1,4-6H2,2-3H3. The topological polar surface area (TPSA) is 40.5 Å². The van der Waals surface area contributed by atoms with E-state index in [9.17, 15) is 5.11 Å². The first kappa shape index (κ1) is 10.7. The van der Waals surface area contributed by atoms with Crippen molar-refractivity contribution in [2.24, 2.45) is 0 Å². The molecule has 2 N–H and O–H groups in total. The largest absolute Gasteiger partial charge is 0.393 e. The lowest BCUT2D eigenvalue weighted by molar-refractivity contribution is 0.123. The van der Waals surface area contributed by atoms with E-state index in [-0.39, 0.29) is 12.2 Å². The minimum Gasteiger partial charge on any atom is -0.393 e. The van der Waals surface area contributed by atoms with Crippen LogP contribution in [0.5, 0.6) is 0 Å². The summed E-state index contributed by atoms with van der Waals surface area (Å²) in [6.07, 6.45) is 1.32. The molecule has 2 unspecified atom stereocenters. The van der Waals surface area contributed by atoms with Crippen LogP contribution >= 0.6 is 0 Å². The molecule has 11 heavy (non-hydrogen) atoms. The third-order valence-corrected chi connectivity index (χ3v) is 1.50. The Balaban J connectivity index is 3.37. The van der Waals surface area contributed by atoms with E-state index in [1.54, 1.807) is 6.92 Å². The van der Waals surface area contributed by atoms with Gasteiger partial charge in [0.25, 0.3) is 0 Å². The Labute approximate surface area is 68.6 Å². The summed E-state index contributed by atoms with van der Waals surface area (Å²) >= 11 is 0. The Hall–Kier alpha value is -0.340. The Morgan fingerprint density at radius 2 is 1.91 bits per heavy atom. The summed E-state index contributed by atoms with van der Waals surface area (Å²) in [6.45, 7) is 7.32. The van der Waals surface area contributed by atoms with Crippen LogP contribution in [-0.2, 0) is 0 Å². The molecule has 0 saturated heterocycles. The molecule has 0 rings (SSSR count). The minimum atomic E-state index is -0.331. The van der Waals surface area contributed by atoms with E-state index in [1.165, 1.54) is 0 Å². The van der Waals surface area contributed by atoms with E-state index in [1.807, 2.05) is 6.92 Å². The van der Waals surface area contributed by atoms with Gasteiger partial charge in [0, 0.05) is 0 Å². The summed E-state index contributed by atoms with van der Waals surface area (Å²) in [5.74, 6) is 0. The van der Waals surface area contributed by atoms with Crippen LogP contribution in [0.3, 0.4) is 0 Å². The molecule has 0 spiro atoms. The minimum absolute atomic E-state index is 0.310. The zero-order chi connectivity index (χ0) is 8.85. The highest BCUT2D eigenvalue weighted by Gasteiger charge is 2.05. The molecule has 0 bridgehead atoms. The van der Waals surface area contributed by atoms with Gasteiger partial charge < -0.3 is 10.2 Å². The average Bonchev–Trinajstić information content (AvgIpc) is 1.82. The zero-order valence-corrected chi connectivity index (χ0v) is 7.38. The summed E-state index contributed by atoms with van der Waals surface area (Å²) in [5, 5.41) is 18.2. The van der Waals surface area contributed by atoms with Crippen molar-refractivity contribution in [2.75, 3.05) is 0 Å². The van der Waals surface area contributed by atoms with Crippen molar-refractivity contribution < 1.29 is 10.2 Å². The van der Waals surface area contributed by atoms with Crippen molar-refractivity contribution in [3.8, 4) is 0 Å². The van der Waals surface area contributed by atoms with Gasteiger partial charge in [0.1, 0.15) is 0 Å². The van der Waals surface area contributed by atoms with Crippen LogP contribution in [0.25, 0.3) is 0 Å². The number of hydrogen-bond acceptors (Lipinski definition) is 2. The second-order valence-corrected chi connectivity index (χ2v) is 3.24. The predicted octanol–water partition coefficient (Wildman–Crippen LogP) is 1.47. The van der Waals surface area contributed by atoms with E-state index in [4.69, 9.17) is 5.11 Å². The maximum atomic E-state index is 9.30. The fraction of sp³-hybridized carbons (Fsp3) is 0.778. The molecule has 2 heteroatoms. The lowest BCUT2D eigenvalue weighted by Gasteiger charge is -2.10. The van der Waals surface area contributed by atoms with E-state index in [0.717, 1.165) is 5.57 Å². The molecule has 0 aliphatic rings. The second-order valence-electron chi connectivity index (χ2n) is 3.24. The van der Waals surface area contributed by atoms with Crippen molar-refractivity contribution >= 4 is 0 Å². The molecule has 0 saturated carbocycles. The van der Waals surface area contributed by atoms with Gasteiger partial charge >= 0.3 is 0 Å². The molecular formula is C9H18O2. The van der Waals surface area contributed by atoms with Crippen molar-refractivity contribution in [3.05, 3.63) is 12.2 Å². The van der Waals surface area contributed by atoms with Gasteiger partial charge in [-0.1, -0.05) is 5.57 Å². The van der Waals surface area contributed by atoms with Crippen LogP contribution < -0.4 is 0 Å². The van der Waals surface area contributed by atoms with E-state index < -0.39 is 0 Å². The SMILES string of the molecule is C=C(C)CC(O)CCC(C)O. The summed E-state index contributed by atoms with van der Waals surface area (Å²) in [5.41, 5.74) is 0.989. The van der Waals surface area contributed by atoms with Crippen LogP contribution in [0.4, 0.5) is 0 Å². The van der Waals surface area contributed by atoms with Gasteiger partial charge in [0.15, 0.2) is 0 Å². The van der Waals surface area contributed by atoms with Gasteiger partial charge in [-0.15, -0.1) is 6.58 Å². The molecule has 0 radical (unpaired) electrons. The van der Waals surface area contributed by atoms with Crippen LogP contribution in [0.2, 0.25) is 0 Å². The molecule has 0 aliphatic heterocycles. The highest BCUT2D eigenvalue weighted by atomic mass is 16.3. The lowest BCUT2D eigenvalue weighted by Crippen LogP contribution is -2.10. The van der Waals surface area contributed by atoms with E-state index in [2.05, 4.69) is 6.58 Å². The quantitative estimate of drug-likeness (QED) is 0.595. The monoisotopic (exact) mass is 158 g/mol. The molecule has 0 aromatic heterocycles. The molecule has 0 amide bonds. The first-order chi connectivity index (χ1) is 5.02. The molecule has 0 heterocycles. The summed E-state index contributed by atoms with van der Waals surface area (Å²) in [6, 6.07) is 0. The van der Waals surface area contributed by atoms with Crippen LogP contribution in [0.1, 0.15) is 33.1 Å². The average molecular weight is 158 g/mol. The van der Waals surface area contributed by atoms with Crippen LogP contribution in [-0.4, -0.2) is 22.4 Å². The summed E-state index contributed by atoms with van der Waals surface area (Å²) < 4.78 is 0. The van der Waals surface area contributed by atoms with E-state index in [0.29, 0.717) is 19.3 Å². The molecule has 0 aliphatic carbocycles. The smallest absolute Gasteiger partial charge is 0.0578 e. The van der Waals surface area contributed by atoms with E-state index >= 15 is 0 Å². The Bertz CT molecular complexity index is 119. The lowest BCUT2D eigenvalue weighted by atomic mass is 10.1. The highest BCUT2D eigenvalue weighted by Crippen LogP contribution is 2.08. The van der Waals surface area contributed by atoms with Crippen LogP contribution in [0, 0.1) is 0 Å². The fourth-order valence-electron chi connectivity index (χ4n) is 0.938. The van der Waals surface area contributed by atoms with Crippen molar-refractivity contribution in [1.29, 1.82) is 0 Å². The molecule has 66 valence electrons. The van der Waals surface area contributed by atoms with Gasteiger partial charge in [-0.05, 0) is 33.1 Å². The van der Waals surface area contributed by atoms with Crippen molar-refractivity contribution in [3.63, 3.8) is 0 Å². The van der Waals surface area contributed by atoms with Crippen LogP contribution in [0.15, 0.2) is 12.2 Å². The number of hydrogen-bond donors (Lipinski definition) is 2. The predicted molar refractivity (Wildman–Crippen MR) is 46.4 cm³/mol. The van der Waals surface area contributed by atoms with Gasteiger partial charge in [0.2, 0.25) is 0 Å². The molecule has 0 aromatic carbocycles. The first-order valence-corrected chi connectivity index (χ1v) is 4.03.